The lowest BCUT2D eigenvalue weighted by Crippen LogP contribution is -2.21. The molecule has 1 heterocycles. The number of carbonyl (C=O) groups excluding carboxylic acids is 1. The van der Waals surface area contributed by atoms with Crippen LogP contribution < -0.4 is 4.74 Å². The van der Waals surface area contributed by atoms with E-state index in [9.17, 15) is 4.79 Å². The Hall–Kier alpha value is -2.18. The molecule has 6 nitrogen and oxygen atoms in total. The predicted molar refractivity (Wildman–Crippen MR) is 83.7 cm³/mol. The number of aromatic nitrogens is 2. The van der Waals surface area contributed by atoms with E-state index in [1.54, 1.807) is 18.3 Å². The van der Waals surface area contributed by atoms with Gasteiger partial charge in [-0.1, -0.05) is 0 Å². The molecule has 0 saturated carbocycles. The van der Waals surface area contributed by atoms with Gasteiger partial charge in [-0.25, -0.2) is 4.98 Å². The Bertz CT molecular complexity index is 574. The second kappa shape index (κ2) is 8.96. The fourth-order valence-corrected chi connectivity index (χ4v) is 1.51. The first kappa shape index (κ1) is 17.9. The van der Waals surface area contributed by atoms with Gasteiger partial charge in [0.15, 0.2) is 0 Å². The van der Waals surface area contributed by atoms with E-state index in [4.69, 9.17) is 14.9 Å². The number of hydrogen-bond acceptors (Lipinski definition) is 5. The zero-order chi connectivity index (χ0) is 16.5. The van der Waals surface area contributed by atoms with Crippen molar-refractivity contribution in [3.8, 4) is 17.1 Å². The van der Waals surface area contributed by atoms with Gasteiger partial charge in [0.05, 0.1) is 6.61 Å². The SMILES string of the molecule is CC(C)=O.Cc1cnc(-c2ccc(OCC(O)CO)cc2)[nH]1. The Morgan fingerprint density at radius 2 is 1.91 bits per heavy atom. The molecule has 22 heavy (non-hydrogen) atoms. The quantitative estimate of drug-likeness (QED) is 0.781. The molecule has 0 aliphatic rings. The number of ether oxygens (including phenoxy) is 1. The molecule has 3 N–H and O–H groups in total. The van der Waals surface area contributed by atoms with Crippen LogP contribution in [-0.2, 0) is 4.79 Å². The van der Waals surface area contributed by atoms with E-state index in [1.165, 1.54) is 13.8 Å². The highest BCUT2D eigenvalue weighted by Gasteiger charge is 2.04. The highest BCUT2D eigenvalue weighted by molar-refractivity contribution is 5.72. The fourth-order valence-electron chi connectivity index (χ4n) is 1.51. The van der Waals surface area contributed by atoms with E-state index in [1.807, 2.05) is 19.1 Å². The molecule has 0 saturated heterocycles. The Kier molecular flexibility index (Phi) is 7.28. The molecule has 1 atom stereocenters. The maximum atomic E-state index is 9.44. The van der Waals surface area contributed by atoms with Crippen molar-refractivity contribution in [1.29, 1.82) is 0 Å². The van der Waals surface area contributed by atoms with Gasteiger partial charge in [0.2, 0.25) is 0 Å². The second-order valence-electron chi connectivity index (χ2n) is 4.99. The van der Waals surface area contributed by atoms with Gasteiger partial charge in [0, 0.05) is 17.5 Å². The lowest BCUT2D eigenvalue weighted by atomic mass is 10.2. The summed E-state index contributed by atoms with van der Waals surface area (Å²) in [5.41, 5.74) is 1.98. The fraction of sp³-hybridized carbons (Fsp3) is 0.375. The number of aliphatic hydroxyl groups excluding tert-OH is 2. The first-order chi connectivity index (χ1) is 10.4. The molecule has 0 spiro atoms. The van der Waals surface area contributed by atoms with E-state index in [-0.39, 0.29) is 19.0 Å². The molecule has 0 radical (unpaired) electrons. The van der Waals surface area contributed by atoms with E-state index >= 15 is 0 Å². The average molecular weight is 306 g/mol. The molecule has 2 aromatic rings. The molecule has 0 fully saturated rings. The highest BCUT2D eigenvalue weighted by Crippen LogP contribution is 2.19. The van der Waals surface area contributed by atoms with E-state index < -0.39 is 6.10 Å². The van der Waals surface area contributed by atoms with Crippen molar-refractivity contribution in [2.24, 2.45) is 0 Å². The number of hydrogen-bond donors (Lipinski definition) is 3. The number of carbonyl (C=O) groups is 1. The summed E-state index contributed by atoms with van der Waals surface area (Å²) >= 11 is 0. The summed E-state index contributed by atoms with van der Waals surface area (Å²) in [5.74, 6) is 1.63. The third-order valence-corrected chi connectivity index (χ3v) is 2.48. The van der Waals surface area contributed by atoms with Gasteiger partial charge in [0.25, 0.3) is 0 Å². The number of nitrogens with zero attached hydrogens (tertiary/aromatic N) is 1. The summed E-state index contributed by atoms with van der Waals surface area (Å²) in [6, 6.07) is 7.38. The second-order valence-corrected chi connectivity index (χ2v) is 4.99. The van der Waals surface area contributed by atoms with Gasteiger partial charge in [-0.15, -0.1) is 0 Å². The Morgan fingerprint density at radius 1 is 1.32 bits per heavy atom. The van der Waals surface area contributed by atoms with E-state index in [0.717, 1.165) is 17.1 Å². The van der Waals surface area contributed by atoms with Crippen LogP contribution in [0.15, 0.2) is 30.5 Å². The minimum absolute atomic E-state index is 0.0791. The van der Waals surface area contributed by atoms with Crippen molar-refractivity contribution < 1.29 is 19.7 Å². The molecule has 1 unspecified atom stereocenters. The zero-order valence-corrected chi connectivity index (χ0v) is 13.0. The van der Waals surface area contributed by atoms with Gasteiger partial charge >= 0.3 is 0 Å². The molecular weight excluding hydrogens is 284 g/mol. The molecule has 0 bridgehead atoms. The van der Waals surface area contributed by atoms with Crippen molar-refractivity contribution in [1.82, 2.24) is 9.97 Å². The van der Waals surface area contributed by atoms with Crippen LogP contribution in [0, 0.1) is 6.92 Å². The monoisotopic (exact) mass is 306 g/mol. The summed E-state index contributed by atoms with van der Waals surface area (Å²) in [6.45, 7) is 4.78. The normalized spacial score (nSPS) is 11.3. The lowest BCUT2D eigenvalue weighted by molar-refractivity contribution is -0.114. The average Bonchev–Trinajstić information content (AvgIpc) is 2.91. The minimum atomic E-state index is -0.850. The van der Waals surface area contributed by atoms with Gasteiger partial charge in [0.1, 0.15) is 30.1 Å². The number of aliphatic hydroxyl groups is 2. The lowest BCUT2D eigenvalue weighted by Gasteiger charge is -2.09. The standard InChI is InChI=1S/C13H16N2O3.C3H6O/c1-9-6-14-13(15-9)10-2-4-12(5-3-10)18-8-11(17)7-16;1-3(2)4/h2-6,11,16-17H,7-8H2,1H3,(H,14,15);1-2H3. The van der Waals surface area contributed by atoms with Crippen LogP contribution >= 0.6 is 0 Å². The van der Waals surface area contributed by atoms with Crippen LogP contribution in [0.4, 0.5) is 0 Å². The Balaban J connectivity index is 0.000000541. The summed E-state index contributed by atoms with van der Waals surface area (Å²) in [5, 5.41) is 17.8. The first-order valence-corrected chi connectivity index (χ1v) is 6.93. The van der Waals surface area contributed by atoms with Crippen LogP contribution in [0.25, 0.3) is 11.4 Å². The topological polar surface area (TPSA) is 95.4 Å². The molecule has 1 aromatic heterocycles. The number of aryl methyl sites for hydroxylation is 1. The molecule has 0 amide bonds. The van der Waals surface area contributed by atoms with Crippen molar-refractivity contribution in [3.05, 3.63) is 36.2 Å². The van der Waals surface area contributed by atoms with Gasteiger partial charge < -0.3 is 24.7 Å². The third-order valence-electron chi connectivity index (χ3n) is 2.48. The zero-order valence-electron chi connectivity index (χ0n) is 13.0. The summed E-state index contributed by atoms with van der Waals surface area (Å²) in [6.07, 6.45) is 0.926. The number of nitrogens with one attached hydrogen (secondary N) is 1. The van der Waals surface area contributed by atoms with Crippen molar-refractivity contribution >= 4 is 5.78 Å². The van der Waals surface area contributed by atoms with Crippen LogP contribution in [0.3, 0.4) is 0 Å². The molecule has 1 aromatic carbocycles. The minimum Gasteiger partial charge on any atom is -0.491 e. The molecule has 120 valence electrons. The number of imidazole rings is 1. The van der Waals surface area contributed by atoms with Crippen LogP contribution in [-0.4, -0.2) is 45.3 Å². The number of H-pyrrole nitrogens is 1. The highest BCUT2D eigenvalue weighted by atomic mass is 16.5. The molecule has 6 heteroatoms. The summed E-state index contributed by atoms with van der Waals surface area (Å²) < 4.78 is 5.31. The van der Waals surface area contributed by atoms with Crippen LogP contribution in [0.5, 0.6) is 5.75 Å². The molecule has 2 rings (SSSR count). The smallest absolute Gasteiger partial charge is 0.137 e. The maximum Gasteiger partial charge on any atom is 0.137 e. The number of Topliss-reactive ketones (excluding diaryl/α,β-unsaturated/α-hetero) is 1. The van der Waals surface area contributed by atoms with E-state index in [2.05, 4.69) is 9.97 Å². The van der Waals surface area contributed by atoms with Crippen molar-refractivity contribution in [2.75, 3.05) is 13.2 Å². The molecule has 0 aliphatic carbocycles. The maximum absolute atomic E-state index is 9.44. The number of aromatic amines is 1. The number of rotatable bonds is 5. The van der Waals surface area contributed by atoms with E-state index in [0.29, 0.717) is 5.75 Å². The van der Waals surface area contributed by atoms with Crippen molar-refractivity contribution in [2.45, 2.75) is 26.9 Å². The van der Waals surface area contributed by atoms with Crippen molar-refractivity contribution in [3.63, 3.8) is 0 Å². The number of ketones is 1. The predicted octanol–water partition coefficient (Wildman–Crippen LogP) is 1.71. The first-order valence-electron chi connectivity index (χ1n) is 6.93. The molecule has 0 aliphatic heterocycles. The van der Waals surface area contributed by atoms with Gasteiger partial charge in [-0.05, 0) is 45.0 Å². The summed E-state index contributed by atoms with van der Waals surface area (Å²) in [4.78, 5) is 16.8. The van der Waals surface area contributed by atoms with Gasteiger partial charge in [-0.2, -0.15) is 0 Å². The third kappa shape index (κ3) is 6.51. The van der Waals surface area contributed by atoms with Crippen LogP contribution in [0.2, 0.25) is 0 Å². The largest absolute Gasteiger partial charge is 0.491 e. The van der Waals surface area contributed by atoms with Gasteiger partial charge in [-0.3, -0.25) is 0 Å². The van der Waals surface area contributed by atoms with Crippen LogP contribution in [0.1, 0.15) is 19.5 Å². The summed E-state index contributed by atoms with van der Waals surface area (Å²) in [7, 11) is 0. The number of benzene rings is 1. The molecular formula is C16H22N2O4. The Labute approximate surface area is 129 Å². The Morgan fingerprint density at radius 3 is 2.36 bits per heavy atom.